The lowest BCUT2D eigenvalue weighted by molar-refractivity contribution is -0.140. The fourth-order valence-electron chi connectivity index (χ4n) is 3.38. The van der Waals surface area contributed by atoms with Crippen LogP contribution in [-0.2, 0) is 19.8 Å². The minimum absolute atomic E-state index is 0.317. The van der Waals surface area contributed by atoms with E-state index >= 15 is 0 Å². The van der Waals surface area contributed by atoms with Crippen molar-refractivity contribution < 1.29 is 14.3 Å². The van der Waals surface area contributed by atoms with Gasteiger partial charge in [0, 0.05) is 22.5 Å². The summed E-state index contributed by atoms with van der Waals surface area (Å²) in [5, 5.41) is 3.37. The van der Waals surface area contributed by atoms with Crippen LogP contribution in [0, 0.1) is 0 Å². The summed E-state index contributed by atoms with van der Waals surface area (Å²) in [6.07, 6.45) is 0. The van der Waals surface area contributed by atoms with Crippen molar-refractivity contribution in [3.63, 3.8) is 0 Å². The molecule has 0 saturated carbocycles. The number of nitrogens with zero attached hydrogens (tertiary/aromatic N) is 1. The second kappa shape index (κ2) is 5.56. The van der Waals surface area contributed by atoms with Crippen LogP contribution in [0.4, 0.5) is 11.4 Å². The second-order valence-electron chi connectivity index (χ2n) is 5.59. The molecule has 0 amide bonds. The molecule has 1 spiro atoms. The molecule has 6 heteroatoms. The molecule has 122 valence electrons. The Morgan fingerprint density at radius 3 is 2.21 bits per heavy atom. The number of anilines is 2. The molecule has 2 aliphatic rings. The Morgan fingerprint density at radius 1 is 1.08 bits per heavy atom. The normalized spacial score (nSPS) is 19.8. The average molecular weight is 340 g/mol. The van der Waals surface area contributed by atoms with Crippen LogP contribution >= 0.6 is 11.8 Å². The lowest BCUT2D eigenvalue weighted by atomic mass is 9.76. The van der Waals surface area contributed by atoms with Gasteiger partial charge in [0.05, 0.1) is 14.2 Å². The Hall–Kier alpha value is -2.47. The number of benzene rings is 2. The van der Waals surface area contributed by atoms with Crippen molar-refractivity contribution in [3.8, 4) is 0 Å². The second-order valence-corrected chi connectivity index (χ2v) is 6.64. The summed E-state index contributed by atoms with van der Waals surface area (Å²) in [4.78, 5) is 17.4. The first-order valence-electron chi connectivity index (χ1n) is 7.55. The van der Waals surface area contributed by atoms with Gasteiger partial charge in [-0.05, 0) is 23.9 Å². The first-order chi connectivity index (χ1) is 11.7. The summed E-state index contributed by atoms with van der Waals surface area (Å²) in [6, 6.07) is 15.8. The summed E-state index contributed by atoms with van der Waals surface area (Å²) in [6.45, 7) is 0. The Kier molecular flexibility index (Phi) is 3.49. The van der Waals surface area contributed by atoms with Gasteiger partial charge in [-0.2, -0.15) is 0 Å². The number of ether oxygens (including phenoxy) is 2. The standard InChI is InChI=1S/C18H16N2O3S/c1-22-16(21)15-18(20-17(23-2)24-15)11-7-3-5-9-13(11)19-14-10-6-4-8-12(14)18/h3-10,15,19H,1-2H3/t15-/m1/s1. The molecule has 4 rings (SSSR count). The highest BCUT2D eigenvalue weighted by Crippen LogP contribution is 2.55. The van der Waals surface area contributed by atoms with E-state index in [2.05, 4.69) is 5.32 Å². The van der Waals surface area contributed by atoms with Crippen molar-refractivity contribution in [2.45, 2.75) is 10.8 Å². The largest absolute Gasteiger partial charge is 0.476 e. The van der Waals surface area contributed by atoms with Crippen LogP contribution in [0.3, 0.4) is 0 Å². The number of methoxy groups -OCH3 is 2. The number of hydrogen-bond acceptors (Lipinski definition) is 6. The summed E-state index contributed by atoms with van der Waals surface area (Å²) < 4.78 is 10.5. The van der Waals surface area contributed by atoms with Crippen LogP contribution in [0.5, 0.6) is 0 Å². The molecule has 5 nitrogen and oxygen atoms in total. The summed E-state index contributed by atoms with van der Waals surface area (Å²) >= 11 is 1.30. The molecule has 0 aromatic heterocycles. The van der Waals surface area contributed by atoms with Gasteiger partial charge in [0.1, 0.15) is 10.8 Å². The minimum atomic E-state index is -0.860. The van der Waals surface area contributed by atoms with Gasteiger partial charge in [-0.25, -0.2) is 4.99 Å². The molecule has 0 aliphatic carbocycles. The summed E-state index contributed by atoms with van der Waals surface area (Å²) in [5.41, 5.74) is 2.90. The Labute approximate surface area is 144 Å². The number of nitrogens with one attached hydrogen (secondary N) is 1. The highest BCUT2D eigenvalue weighted by molar-refractivity contribution is 8.15. The predicted octanol–water partition coefficient (Wildman–Crippen LogP) is 3.28. The zero-order valence-electron chi connectivity index (χ0n) is 13.3. The number of thioether (sulfide) groups is 1. The minimum Gasteiger partial charge on any atom is -0.476 e. The average Bonchev–Trinajstić information content (AvgIpc) is 3.02. The Morgan fingerprint density at radius 2 is 1.67 bits per heavy atom. The van der Waals surface area contributed by atoms with E-state index in [0.717, 1.165) is 22.5 Å². The molecule has 0 radical (unpaired) electrons. The maximum atomic E-state index is 12.6. The first-order valence-corrected chi connectivity index (χ1v) is 8.43. The lowest BCUT2D eigenvalue weighted by Gasteiger charge is -2.38. The molecule has 2 aromatic rings. The third kappa shape index (κ3) is 1.96. The van der Waals surface area contributed by atoms with Crippen molar-refractivity contribution >= 4 is 34.3 Å². The molecule has 24 heavy (non-hydrogen) atoms. The van der Waals surface area contributed by atoms with Gasteiger partial charge in [0.15, 0.2) is 0 Å². The molecule has 2 aromatic carbocycles. The van der Waals surface area contributed by atoms with E-state index in [9.17, 15) is 4.79 Å². The van der Waals surface area contributed by atoms with E-state index in [1.165, 1.54) is 18.9 Å². The topological polar surface area (TPSA) is 59.9 Å². The number of carbonyl (C=O) groups excluding carboxylic acids is 1. The van der Waals surface area contributed by atoms with Gasteiger partial charge in [-0.15, -0.1) is 0 Å². The number of carbonyl (C=O) groups is 1. The number of aliphatic imine (C=N–C) groups is 1. The van der Waals surface area contributed by atoms with E-state index in [0.29, 0.717) is 5.23 Å². The molecule has 1 N–H and O–H groups in total. The van der Waals surface area contributed by atoms with E-state index in [-0.39, 0.29) is 5.97 Å². The van der Waals surface area contributed by atoms with Gasteiger partial charge in [0.25, 0.3) is 0 Å². The van der Waals surface area contributed by atoms with Crippen molar-refractivity contribution in [1.29, 1.82) is 0 Å². The van der Waals surface area contributed by atoms with Crippen LogP contribution < -0.4 is 5.32 Å². The van der Waals surface area contributed by atoms with Crippen molar-refractivity contribution in [3.05, 3.63) is 59.7 Å². The maximum Gasteiger partial charge on any atom is 0.322 e. The zero-order valence-corrected chi connectivity index (χ0v) is 14.1. The number of esters is 1. The molecule has 2 aliphatic heterocycles. The third-order valence-electron chi connectivity index (χ3n) is 4.40. The zero-order chi connectivity index (χ0) is 16.7. The molecule has 1 atom stereocenters. The SMILES string of the molecule is COC(=O)[C@H]1SC(OC)=NC12c1ccccc1Nc1ccccc12. The predicted molar refractivity (Wildman–Crippen MR) is 94.8 cm³/mol. The molecule has 0 unspecified atom stereocenters. The van der Waals surface area contributed by atoms with Crippen LogP contribution in [0.1, 0.15) is 11.1 Å². The first kappa shape index (κ1) is 15.1. The van der Waals surface area contributed by atoms with Crippen LogP contribution in [0.15, 0.2) is 53.5 Å². The highest BCUT2D eigenvalue weighted by Gasteiger charge is 2.56. The van der Waals surface area contributed by atoms with Gasteiger partial charge in [0.2, 0.25) is 5.23 Å². The van der Waals surface area contributed by atoms with Crippen molar-refractivity contribution in [2.24, 2.45) is 4.99 Å². The van der Waals surface area contributed by atoms with Gasteiger partial charge in [-0.1, -0.05) is 36.4 Å². The lowest BCUT2D eigenvalue weighted by Crippen LogP contribution is -2.42. The molecule has 0 fully saturated rings. The maximum absolute atomic E-state index is 12.6. The fraction of sp³-hybridized carbons (Fsp3) is 0.222. The van der Waals surface area contributed by atoms with Crippen molar-refractivity contribution in [2.75, 3.05) is 19.5 Å². The van der Waals surface area contributed by atoms with Gasteiger partial charge >= 0.3 is 5.97 Å². The Bertz CT molecular complexity index is 804. The Balaban J connectivity index is 2.04. The molecule has 0 saturated heterocycles. The number of rotatable bonds is 1. The van der Waals surface area contributed by atoms with E-state index in [1.807, 2.05) is 48.5 Å². The number of hydrogen-bond donors (Lipinski definition) is 1. The summed E-state index contributed by atoms with van der Waals surface area (Å²) in [7, 11) is 2.97. The van der Waals surface area contributed by atoms with Crippen LogP contribution in [-0.4, -0.2) is 30.7 Å². The van der Waals surface area contributed by atoms with Crippen LogP contribution in [0.2, 0.25) is 0 Å². The van der Waals surface area contributed by atoms with Crippen LogP contribution in [0.25, 0.3) is 0 Å². The monoisotopic (exact) mass is 340 g/mol. The number of fused-ring (bicyclic) bond motifs is 4. The fourth-order valence-corrected chi connectivity index (χ4v) is 4.54. The van der Waals surface area contributed by atoms with Gasteiger partial charge < -0.3 is 14.8 Å². The third-order valence-corrected chi connectivity index (χ3v) is 5.63. The number of para-hydroxylation sites is 2. The van der Waals surface area contributed by atoms with E-state index in [4.69, 9.17) is 14.5 Å². The smallest absolute Gasteiger partial charge is 0.322 e. The van der Waals surface area contributed by atoms with E-state index in [1.54, 1.807) is 7.11 Å². The molecular weight excluding hydrogens is 324 g/mol. The van der Waals surface area contributed by atoms with Gasteiger partial charge in [-0.3, -0.25) is 4.79 Å². The summed E-state index contributed by atoms with van der Waals surface area (Å²) in [5.74, 6) is -0.317. The molecule has 2 heterocycles. The van der Waals surface area contributed by atoms with Crippen molar-refractivity contribution in [1.82, 2.24) is 0 Å². The molecule has 0 bridgehead atoms. The quantitative estimate of drug-likeness (QED) is 0.807. The van der Waals surface area contributed by atoms with E-state index < -0.39 is 10.8 Å². The molecular formula is C18H16N2O3S. The highest BCUT2D eigenvalue weighted by atomic mass is 32.2.